The lowest BCUT2D eigenvalue weighted by Crippen LogP contribution is -2.13. The molecule has 5 aromatic rings. The van der Waals surface area contributed by atoms with E-state index >= 15 is 0 Å². The number of aromatic nitrogens is 7. The molecule has 0 saturated carbocycles. The number of hydrogen-bond donors (Lipinski definition) is 1. The van der Waals surface area contributed by atoms with Gasteiger partial charge in [0.05, 0.1) is 43.1 Å². The minimum Gasteiger partial charge on any atom is -0.345 e. The number of fused-ring (bicyclic) bond motifs is 1. The lowest BCUT2D eigenvalue weighted by atomic mass is 10.1. The third-order valence-corrected chi connectivity index (χ3v) is 4.86. The van der Waals surface area contributed by atoms with E-state index in [0.29, 0.717) is 0 Å². The molecule has 0 aliphatic heterocycles. The molecule has 1 N–H and O–H groups in total. The van der Waals surface area contributed by atoms with Gasteiger partial charge in [-0.3, -0.25) is 19.7 Å². The Kier molecular flexibility index (Phi) is 4.57. The molecule has 0 bridgehead atoms. The highest BCUT2D eigenvalue weighted by Crippen LogP contribution is 2.26. The smallest absolute Gasteiger partial charge is 0.158 e. The van der Waals surface area contributed by atoms with Crippen LogP contribution in [-0.2, 0) is 17.8 Å². The van der Waals surface area contributed by atoms with Gasteiger partial charge in [0.1, 0.15) is 5.65 Å². The maximum absolute atomic E-state index is 12.7. The Balaban J connectivity index is 1.32. The summed E-state index contributed by atoms with van der Waals surface area (Å²) in [5, 5.41) is 0.973. The van der Waals surface area contributed by atoms with Gasteiger partial charge in [0.15, 0.2) is 5.78 Å². The Labute approximate surface area is 171 Å². The fourth-order valence-corrected chi connectivity index (χ4v) is 3.43. The molecule has 8 nitrogen and oxygen atoms in total. The summed E-state index contributed by atoms with van der Waals surface area (Å²) in [4.78, 5) is 37.1. The molecule has 0 atom stereocenters. The highest BCUT2D eigenvalue weighted by molar-refractivity contribution is 5.93. The molecule has 8 heteroatoms. The average Bonchev–Trinajstić information content (AvgIpc) is 3.45. The fraction of sp³-hybridized carbons (Fsp3) is 0.0909. The van der Waals surface area contributed by atoms with Gasteiger partial charge >= 0.3 is 0 Å². The van der Waals surface area contributed by atoms with Gasteiger partial charge in [-0.15, -0.1) is 0 Å². The molecule has 0 unspecified atom stereocenters. The van der Waals surface area contributed by atoms with E-state index in [4.69, 9.17) is 0 Å². The predicted octanol–water partition coefficient (Wildman–Crippen LogP) is 3.09. The predicted molar refractivity (Wildman–Crippen MR) is 111 cm³/mol. The number of rotatable bonds is 6. The quantitative estimate of drug-likeness (QED) is 0.474. The molecular weight excluding hydrogens is 378 g/mol. The van der Waals surface area contributed by atoms with Crippen molar-refractivity contribution in [2.75, 3.05) is 0 Å². The van der Waals surface area contributed by atoms with Crippen molar-refractivity contribution in [2.24, 2.45) is 0 Å². The van der Waals surface area contributed by atoms with Gasteiger partial charge in [0.25, 0.3) is 0 Å². The van der Waals surface area contributed by atoms with Crippen LogP contribution in [-0.4, -0.2) is 40.3 Å². The number of ketones is 1. The van der Waals surface area contributed by atoms with E-state index in [9.17, 15) is 4.79 Å². The topological polar surface area (TPSA) is 102 Å². The maximum Gasteiger partial charge on any atom is 0.158 e. The number of imidazole rings is 1. The number of pyridine rings is 2. The van der Waals surface area contributed by atoms with Crippen LogP contribution in [0.15, 0.2) is 74.0 Å². The normalized spacial score (nSPS) is 11.1. The maximum atomic E-state index is 12.7. The molecule has 0 aliphatic carbocycles. The number of carbonyl (C=O) groups excluding carboxylic acids is 1. The largest absolute Gasteiger partial charge is 0.345 e. The van der Waals surface area contributed by atoms with Crippen LogP contribution < -0.4 is 0 Å². The number of nitrogens with zero attached hydrogens (tertiary/aromatic N) is 6. The Bertz CT molecular complexity index is 1290. The van der Waals surface area contributed by atoms with Crippen molar-refractivity contribution in [1.82, 2.24) is 34.5 Å². The van der Waals surface area contributed by atoms with Crippen LogP contribution in [0.5, 0.6) is 0 Å². The SMILES string of the molecule is O=C(Cc1ccc(-c2cnccn2)cn1)Cn1ccc2c(-c3cnc[nH]3)ccnc21. The molecule has 5 aromatic heterocycles. The molecule has 146 valence electrons. The molecule has 0 fully saturated rings. The highest BCUT2D eigenvalue weighted by Gasteiger charge is 2.13. The van der Waals surface area contributed by atoms with Crippen LogP contribution in [0.2, 0.25) is 0 Å². The average molecular weight is 395 g/mol. The zero-order valence-electron chi connectivity index (χ0n) is 15.9. The summed E-state index contributed by atoms with van der Waals surface area (Å²) in [6, 6.07) is 7.66. The molecule has 0 amide bonds. The third kappa shape index (κ3) is 3.46. The summed E-state index contributed by atoms with van der Waals surface area (Å²) >= 11 is 0. The second kappa shape index (κ2) is 7.67. The van der Waals surface area contributed by atoms with Crippen molar-refractivity contribution < 1.29 is 4.79 Å². The Morgan fingerprint density at radius 1 is 0.933 bits per heavy atom. The summed E-state index contributed by atoms with van der Waals surface area (Å²) in [5.74, 6) is 0.0565. The van der Waals surface area contributed by atoms with Crippen LogP contribution in [0.3, 0.4) is 0 Å². The second-order valence-electron chi connectivity index (χ2n) is 6.85. The van der Waals surface area contributed by atoms with E-state index in [2.05, 4.69) is 29.9 Å². The van der Waals surface area contributed by atoms with Crippen molar-refractivity contribution in [1.29, 1.82) is 0 Å². The van der Waals surface area contributed by atoms with Crippen LogP contribution in [0, 0.1) is 0 Å². The number of hydrogen-bond acceptors (Lipinski definition) is 6. The van der Waals surface area contributed by atoms with Gasteiger partial charge < -0.3 is 9.55 Å². The minimum atomic E-state index is 0.0565. The Hall–Kier alpha value is -4.20. The highest BCUT2D eigenvalue weighted by atomic mass is 16.1. The van der Waals surface area contributed by atoms with Crippen molar-refractivity contribution in [3.8, 4) is 22.5 Å². The van der Waals surface area contributed by atoms with E-state index in [1.807, 2.05) is 35.0 Å². The summed E-state index contributed by atoms with van der Waals surface area (Å²) in [6.45, 7) is 0.233. The van der Waals surface area contributed by atoms with Gasteiger partial charge in [-0.05, 0) is 24.3 Å². The van der Waals surface area contributed by atoms with Crippen molar-refractivity contribution >= 4 is 16.8 Å². The zero-order valence-corrected chi connectivity index (χ0v) is 15.9. The fourth-order valence-electron chi connectivity index (χ4n) is 3.43. The lowest BCUT2D eigenvalue weighted by molar-refractivity contribution is -0.119. The lowest BCUT2D eigenvalue weighted by Gasteiger charge is -2.06. The van der Waals surface area contributed by atoms with Crippen LogP contribution in [0.25, 0.3) is 33.5 Å². The second-order valence-corrected chi connectivity index (χ2v) is 6.85. The standard InChI is InChI=1S/C22H17N7O/c30-17(9-16-2-1-15(10-27-16)20-11-23-6-7-25-20)13-29-8-4-19-18(3-5-26-22(19)29)21-12-24-14-28-21/h1-8,10-12,14H,9,13H2,(H,24,28). The first kappa shape index (κ1) is 17.9. The van der Waals surface area contributed by atoms with Gasteiger partial charge in [-0.2, -0.15) is 0 Å². The van der Waals surface area contributed by atoms with Crippen molar-refractivity contribution in [2.45, 2.75) is 13.0 Å². The molecule has 0 aliphatic rings. The molecule has 0 radical (unpaired) electrons. The molecular formula is C22H17N7O. The van der Waals surface area contributed by atoms with Gasteiger partial charge in [-0.1, -0.05) is 0 Å². The zero-order chi connectivity index (χ0) is 20.3. The molecule has 0 saturated heterocycles. The minimum absolute atomic E-state index is 0.0565. The van der Waals surface area contributed by atoms with E-state index in [1.165, 1.54) is 0 Å². The number of carbonyl (C=O) groups is 1. The number of Topliss-reactive ketones (excluding diaryl/α,β-unsaturated/α-hetero) is 1. The third-order valence-electron chi connectivity index (χ3n) is 4.86. The summed E-state index contributed by atoms with van der Waals surface area (Å²) < 4.78 is 1.87. The molecule has 30 heavy (non-hydrogen) atoms. The molecule has 5 heterocycles. The molecule has 5 rings (SSSR count). The number of aromatic amines is 1. The summed E-state index contributed by atoms with van der Waals surface area (Å²) in [5.41, 5.74) is 5.02. The van der Waals surface area contributed by atoms with Crippen molar-refractivity contribution in [3.05, 3.63) is 79.7 Å². The molecule has 0 aromatic carbocycles. The van der Waals surface area contributed by atoms with Crippen LogP contribution in [0.1, 0.15) is 5.69 Å². The van der Waals surface area contributed by atoms with Crippen LogP contribution >= 0.6 is 0 Å². The molecule has 0 spiro atoms. The Morgan fingerprint density at radius 2 is 1.90 bits per heavy atom. The first-order chi connectivity index (χ1) is 14.8. The Morgan fingerprint density at radius 3 is 2.67 bits per heavy atom. The number of H-pyrrole nitrogens is 1. The monoisotopic (exact) mass is 395 g/mol. The first-order valence-corrected chi connectivity index (χ1v) is 9.43. The van der Waals surface area contributed by atoms with Gasteiger partial charge in [0.2, 0.25) is 0 Å². The first-order valence-electron chi connectivity index (χ1n) is 9.43. The van der Waals surface area contributed by atoms with Crippen molar-refractivity contribution in [3.63, 3.8) is 0 Å². The van der Waals surface area contributed by atoms with E-state index < -0.39 is 0 Å². The number of nitrogens with one attached hydrogen (secondary N) is 1. The van der Waals surface area contributed by atoms with Crippen LogP contribution in [0.4, 0.5) is 0 Å². The summed E-state index contributed by atoms with van der Waals surface area (Å²) in [7, 11) is 0. The van der Waals surface area contributed by atoms with Gasteiger partial charge in [0, 0.05) is 53.2 Å². The van der Waals surface area contributed by atoms with E-state index in [1.54, 1.807) is 43.5 Å². The summed E-state index contributed by atoms with van der Waals surface area (Å²) in [6.07, 6.45) is 14.0. The van der Waals surface area contributed by atoms with E-state index in [0.717, 1.165) is 39.2 Å². The van der Waals surface area contributed by atoms with E-state index in [-0.39, 0.29) is 18.7 Å². The van der Waals surface area contributed by atoms with Gasteiger partial charge in [-0.25, -0.2) is 9.97 Å².